The zero-order valence-electron chi connectivity index (χ0n) is 19.8. The van der Waals surface area contributed by atoms with Crippen molar-refractivity contribution >= 4 is 17.2 Å². The second kappa shape index (κ2) is 10.8. The average Bonchev–Trinajstić information content (AvgIpc) is 3.47. The van der Waals surface area contributed by atoms with Gasteiger partial charge in [0.05, 0.1) is 7.11 Å². The summed E-state index contributed by atoms with van der Waals surface area (Å²) in [6.07, 6.45) is 6.13. The van der Waals surface area contributed by atoms with Crippen LogP contribution in [-0.2, 0) is 11.3 Å². The van der Waals surface area contributed by atoms with Crippen molar-refractivity contribution in [2.75, 3.05) is 26.7 Å². The van der Waals surface area contributed by atoms with E-state index < -0.39 is 0 Å². The van der Waals surface area contributed by atoms with Crippen molar-refractivity contribution in [3.8, 4) is 5.75 Å². The number of nitrogens with zero attached hydrogens (tertiary/aromatic N) is 2. The molecule has 1 aromatic heterocycles. The number of ether oxygens (including phenoxy) is 1. The summed E-state index contributed by atoms with van der Waals surface area (Å²) in [4.78, 5) is 18.2. The minimum absolute atomic E-state index is 0.0514. The van der Waals surface area contributed by atoms with Gasteiger partial charge in [0.15, 0.2) is 0 Å². The van der Waals surface area contributed by atoms with Crippen molar-refractivity contribution in [2.45, 2.75) is 64.5 Å². The van der Waals surface area contributed by atoms with E-state index in [1.165, 1.54) is 30.4 Å². The number of benzene rings is 1. The zero-order chi connectivity index (χ0) is 22.5. The fourth-order valence-electron chi connectivity index (χ4n) is 5.56. The predicted octanol–water partition coefficient (Wildman–Crippen LogP) is 5.79. The molecule has 4 nitrogen and oxygen atoms in total. The molecule has 2 atom stereocenters. The summed E-state index contributed by atoms with van der Waals surface area (Å²) >= 11 is 1.77. The molecule has 1 aromatic carbocycles. The van der Waals surface area contributed by atoms with Crippen LogP contribution in [-0.4, -0.2) is 48.5 Å². The molecule has 2 aliphatic rings. The fraction of sp³-hybridized carbons (Fsp3) is 0.593. The number of carbonyl (C=O) groups is 1. The molecule has 2 fully saturated rings. The number of rotatable bonds is 8. The van der Waals surface area contributed by atoms with E-state index in [-0.39, 0.29) is 5.92 Å². The Bertz CT molecular complexity index is 860. The van der Waals surface area contributed by atoms with Gasteiger partial charge in [0, 0.05) is 44.1 Å². The lowest BCUT2D eigenvalue weighted by Gasteiger charge is -2.38. The lowest BCUT2D eigenvalue weighted by Crippen LogP contribution is -2.47. The maximum absolute atomic E-state index is 13.3. The Hall–Kier alpha value is -1.85. The van der Waals surface area contributed by atoms with Crippen molar-refractivity contribution in [3.63, 3.8) is 0 Å². The van der Waals surface area contributed by atoms with E-state index in [2.05, 4.69) is 58.7 Å². The summed E-state index contributed by atoms with van der Waals surface area (Å²) in [5.74, 6) is 2.15. The number of hydrogen-bond acceptors (Lipinski definition) is 4. The highest BCUT2D eigenvalue weighted by atomic mass is 32.1. The van der Waals surface area contributed by atoms with E-state index >= 15 is 0 Å². The molecule has 0 spiro atoms. The first kappa shape index (κ1) is 23.3. The Morgan fingerprint density at radius 3 is 2.69 bits per heavy atom. The van der Waals surface area contributed by atoms with Crippen molar-refractivity contribution < 1.29 is 9.53 Å². The molecule has 1 amide bonds. The summed E-state index contributed by atoms with van der Waals surface area (Å²) in [5, 5.41) is 4.42. The summed E-state index contributed by atoms with van der Waals surface area (Å²) in [5.41, 5.74) is 2.73. The van der Waals surface area contributed by atoms with Crippen molar-refractivity contribution in [1.29, 1.82) is 0 Å². The van der Waals surface area contributed by atoms with Gasteiger partial charge >= 0.3 is 0 Å². The summed E-state index contributed by atoms with van der Waals surface area (Å²) < 4.78 is 5.53. The third kappa shape index (κ3) is 5.55. The third-order valence-electron chi connectivity index (χ3n) is 7.25. The molecule has 0 N–H and O–H groups in total. The Balaban J connectivity index is 1.58. The molecular weight excluding hydrogens is 416 g/mol. The highest BCUT2D eigenvalue weighted by Gasteiger charge is 2.38. The van der Waals surface area contributed by atoms with Gasteiger partial charge in [-0.1, -0.05) is 45.2 Å². The molecule has 1 aliphatic carbocycles. The van der Waals surface area contributed by atoms with Crippen molar-refractivity contribution in [1.82, 2.24) is 9.80 Å². The van der Waals surface area contributed by atoms with Crippen LogP contribution in [0.5, 0.6) is 5.75 Å². The van der Waals surface area contributed by atoms with Crippen LogP contribution in [0.2, 0.25) is 0 Å². The number of carbonyl (C=O) groups excluding carboxylic acids is 1. The molecule has 1 aliphatic heterocycles. The second-order valence-electron chi connectivity index (χ2n) is 9.91. The van der Waals surface area contributed by atoms with E-state index in [0.29, 0.717) is 23.8 Å². The van der Waals surface area contributed by atoms with Crippen LogP contribution >= 0.6 is 11.3 Å². The average molecular weight is 455 g/mol. The molecule has 4 rings (SSSR count). The molecule has 1 saturated carbocycles. The van der Waals surface area contributed by atoms with E-state index in [0.717, 1.165) is 44.8 Å². The molecule has 32 heavy (non-hydrogen) atoms. The molecule has 0 radical (unpaired) electrons. The highest BCUT2D eigenvalue weighted by Crippen LogP contribution is 2.37. The van der Waals surface area contributed by atoms with Crippen LogP contribution in [0.25, 0.3) is 0 Å². The standard InChI is InChI=1S/C27H38N2O2S/c1-20(2)27(30)29(24-9-5-4-6-10-24)17-23-16-28(15-21-12-13-32-19-21)18-26(23)22-8-7-11-25(14-22)31-3/h7-8,11-14,19-20,23-24,26H,4-6,9-10,15-18H2,1-3H3. The van der Waals surface area contributed by atoms with Crippen LogP contribution < -0.4 is 4.74 Å². The minimum atomic E-state index is 0.0514. The lowest BCUT2D eigenvalue weighted by molar-refractivity contribution is -0.138. The summed E-state index contributed by atoms with van der Waals surface area (Å²) in [7, 11) is 1.74. The molecular formula is C27H38N2O2S. The Morgan fingerprint density at radius 1 is 1.19 bits per heavy atom. The van der Waals surface area contributed by atoms with Crippen LogP contribution in [0.4, 0.5) is 0 Å². The number of amides is 1. The van der Waals surface area contributed by atoms with Crippen LogP contribution in [0.15, 0.2) is 41.1 Å². The van der Waals surface area contributed by atoms with Gasteiger partial charge in [-0.05, 0) is 58.8 Å². The normalized spacial score (nSPS) is 22.4. The SMILES string of the molecule is COc1cccc(C2CN(Cc3ccsc3)CC2CN(C(=O)C(C)C)C2CCCCC2)c1. The topological polar surface area (TPSA) is 32.8 Å². The Labute approximate surface area is 197 Å². The van der Waals surface area contributed by atoms with Gasteiger partial charge in [0.2, 0.25) is 5.91 Å². The molecule has 2 heterocycles. The van der Waals surface area contributed by atoms with E-state index in [4.69, 9.17) is 4.74 Å². The predicted molar refractivity (Wildman–Crippen MR) is 132 cm³/mol. The molecule has 2 aromatic rings. The number of likely N-dealkylation sites (tertiary alicyclic amines) is 1. The van der Waals surface area contributed by atoms with Crippen LogP contribution in [0, 0.1) is 11.8 Å². The summed E-state index contributed by atoms with van der Waals surface area (Å²) in [6.45, 7) is 8.02. The van der Waals surface area contributed by atoms with Crippen LogP contribution in [0.3, 0.4) is 0 Å². The molecule has 174 valence electrons. The Morgan fingerprint density at radius 2 is 2.00 bits per heavy atom. The van der Waals surface area contributed by atoms with E-state index in [1.54, 1.807) is 18.4 Å². The van der Waals surface area contributed by atoms with Gasteiger partial charge in [0.25, 0.3) is 0 Å². The molecule has 2 unspecified atom stereocenters. The summed E-state index contributed by atoms with van der Waals surface area (Å²) in [6, 6.07) is 11.2. The van der Waals surface area contributed by atoms with Gasteiger partial charge < -0.3 is 9.64 Å². The third-order valence-corrected chi connectivity index (χ3v) is 7.98. The lowest BCUT2D eigenvalue weighted by atomic mass is 9.86. The van der Waals surface area contributed by atoms with Crippen molar-refractivity contribution in [3.05, 3.63) is 52.2 Å². The van der Waals surface area contributed by atoms with Crippen LogP contribution in [0.1, 0.15) is 63.0 Å². The van der Waals surface area contributed by atoms with E-state index in [9.17, 15) is 4.79 Å². The first-order chi connectivity index (χ1) is 15.5. The van der Waals surface area contributed by atoms with Gasteiger partial charge in [-0.2, -0.15) is 11.3 Å². The highest BCUT2D eigenvalue weighted by molar-refractivity contribution is 7.07. The minimum Gasteiger partial charge on any atom is -0.497 e. The zero-order valence-corrected chi connectivity index (χ0v) is 20.7. The fourth-order valence-corrected chi connectivity index (χ4v) is 6.22. The van der Waals surface area contributed by atoms with Crippen molar-refractivity contribution in [2.24, 2.45) is 11.8 Å². The van der Waals surface area contributed by atoms with E-state index in [1.807, 2.05) is 6.07 Å². The number of hydrogen-bond donors (Lipinski definition) is 0. The molecule has 0 bridgehead atoms. The Kier molecular flexibility index (Phi) is 7.90. The first-order valence-corrected chi connectivity index (χ1v) is 13.2. The molecule has 1 saturated heterocycles. The second-order valence-corrected chi connectivity index (χ2v) is 10.7. The van der Waals surface area contributed by atoms with Gasteiger partial charge in [-0.3, -0.25) is 9.69 Å². The maximum atomic E-state index is 13.3. The largest absolute Gasteiger partial charge is 0.497 e. The van der Waals surface area contributed by atoms with Gasteiger partial charge in [-0.25, -0.2) is 0 Å². The monoisotopic (exact) mass is 454 g/mol. The smallest absolute Gasteiger partial charge is 0.225 e. The number of thiophene rings is 1. The molecule has 5 heteroatoms. The maximum Gasteiger partial charge on any atom is 0.225 e. The van der Waals surface area contributed by atoms with Gasteiger partial charge in [-0.15, -0.1) is 0 Å². The number of methoxy groups -OCH3 is 1. The quantitative estimate of drug-likeness (QED) is 0.506. The van der Waals surface area contributed by atoms with Gasteiger partial charge in [0.1, 0.15) is 5.75 Å². The first-order valence-electron chi connectivity index (χ1n) is 12.2.